The quantitative estimate of drug-likeness (QED) is 0.742. The van der Waals surface area contributed by atoms with Gasteiger partial charge < -0.3 is 9.30 Å². The van der Waals surface area contributed by atoms with E-state index in [1.54, 1.807) is 20.2 Å². The number of rotatable bonds is 1. The van der Waals surface area contributed by atoms with Crippen molar-refractivity contribution >= 4 is 22.5 Å². The summed E-state index contributed by atoms with van der Waals surface area (Å²) in [5, 5.41) is 1.11. The zero-order valence-electron chi connectivity index (χ0n) is 8.45. The van der Waals surface area contributed by atoms with E-state index < -0.39 is 0 Å². The van der Waals surface area contributed by atoms with Crippen LogP contribution < -0.4 is 10.3 Å². The van der Waals surface area contributed by atoms with E-state index in [9.17, 15) is 4.79 Å². The van der Waals surface area contributed by atoms with Crippen molar-refractivity contribution in [3.63, 3.8) is 0 Å². The van der Waals surface area contributed by atoms with E-state index in [0.29, 0.717) is 0 Å². The van der Waals surface area contributed by atoms with Gasteiger partial charge >= 0.3 is 0 Å². The summed E-state index contributed by atoms with van der Waals surface area (Å²) in [7, 11) is 3.30. The third-order valence-electron chi connectivity index (χ3n) is 2.39. The number of hydrogen-bond donors (Lipinski definition) is 0. The van der Waals surface area contributed by atoms with Crippen LogP contribution in [0.15, 0.2) is 29.1 Å². The molecule has 0 aliphatic rings. The first kappa shape index (κ1) is 10.1. The standard InChI is InChI=1S/C11H10ClNO2/c1-13-10-4-3-8(15-2)5-7(10)6-9(12)11(13)14/h3-6H,1-2H3. The lowest BCUT2D eigenvalue weighted by Crippen LogP contribution is -2.16. The van der Waals surface area contributed by atoms with Crippen molar-refractivity contribution < 1.29 is 4.74 Å². The number of aryl methyl sites for hydroxylation is 1. The third kappa shape index (κ3) is 1.59. The fraction of sp³-hybridized carbons (Fsp3) is 0.182. The Balaban J connectivity index is 2.86. The topological polar surface area (TPSA) is 31.2 Å². The third-order valence-corrected chi connectivity index (χ3v) is 2.66. The van der Waals surface area contributed by atoms with Crippen LogP contribution in [0.4, 0.5) is 0 Å². The van der Waals surface area contributed by atoms with Crippen molar-refractivity contribution in [1.29, 1.82) is 0 Å². The van der Waals surface area contributed by atoms with Crippen molar-refractivity contribution in [1.82, 2.24) is 4.57 Å². The number of halogens is 1. The van der Waals surface area contributed by atoms with Gasteiger partial charge in [-0.1, -0.05) is 11.6 Å². The van der Waals surface area contributed by atoms with Gasteiger partial charge in [0.15, 0.2) is 0 Å². The van der Waals surface area contributed by atoms with Gasteiger partial charge in [0.2, 0.25) is 0 Å². The summed E-state index contributed by atoms with van der Waals surface area (Å²) in [6.45, 7) is 0. The number of methoxy groups -OCH3 is 1. The van der Waals surface area contributed by atoms with Crippen molar-refractivity contribution in [3.8, 4) is 5.75 Å². The van der Waals surface area contributed by atoms with E-state index in [1.807, 2.05) is 18.2 Å². The van der Waals surface area contributed by atoms with Crippen LogP contribution in [0.3, 0.4) is 0 Å². The Labute approximate surface area is 91.9 Å². The molecule has 0 aliphatic heterocycles. The first-order valence-electron chi connectivity index (χ1n) is 4.47. The molecule has 0 radical (unpaired) electrons. The van der Waals surface area contributed by atoms with Gasteiger partial charge in [0, 0.05) is 12.4 Å². The van der Waals surface area contributed by atoms with Gasteiger partial charge in [-0.05, 0) is 24.3 Å². The Morgan fingerprint density at radius 1 is 1.33 bits per heavy atom. The van der Waals surface area contributed by atoms with Crippen LogP contribution in [0.1, 0.15) is 0 Å². The fourth-order valence-corrected chi connectivity index (χ4v) is 1.79. The largest absolute Gasteiger partial charge is 0.497 e. The van der Waals surface area contributed by atoms with E-state index >= 15 is 0 Å². The van der Waals surface area contributed by atoms with Crippen molar-refractivity contribution in [3.05, 3.63) is 39.6 Å². The van der Waals surface area contributed by atoms with Crippen LogP contribution in [0.2, 0.25) is 5.02 Å². The molecule has 0 amide bonds. The number of pyridine rings is 1. The second-order valence-electron chi connectivity index (χ2n) is 3.28. The predicted molar refractivity (Wildman–Crippen MR) is 60.8 cm³/mol. The Hall–Kier alpha value is -1.48. The maximum absolute atomic E-state index is 11.5. The highest BCUT2D eigenvalue weighted by Crippen LogP contribution is 2.21. The molecule has 0 unspecified atom stereocenters. The summed E-state index contributed by atoms with van der Waals surface area (Å²) in [5.74, 6) is 0.747. The molecule has 0 saturated carbocycles. The zero-order valence-corrected chi connectivity index (χ0v) is 9.21. The van der Waals surface area contributed by atoms with Gasteiger partial charge in [0.25, 0.3) is 5.56 Å². The molecule has 0 spiro atoms. The normalized spacial score (nSPS) is 10.6. The number of fused-ring (bicyclic) bond motifs is 1. The molecule has 15 heavy (non-hydrogen) atoms. The van der Waals surface area contributed by atoms with E-state index in [4.69, 9.17) is 16.3 Å². The summed E-state index contributed by atoms with van der Waals surface area (Å²) >= 11 is 5.81. The molecule has 1 aromatic heterocycles. The van der Waals surface area contributed by atoms with Gasteiger partial charge in [-0.15, -0.1) is 0 Å². The van der Waals surface area contributed by atoms with Crippen LogP contribution in [0.5, 0.6) is 5.75 Å². The minimum atomic E-state index is -0.186. The highest BCUT2D eigenvalue weighted by molar-refractivity contribution is 6.31. The lowest BCUT2D eigenvalue weighted by molar-refractivity contribution is 0.415. The Kier molecular flexibility index (Phi) is 2.40. The SMILES string of the molecule is COc1ccc2c(c1)cc(Cl)c(=O)n2C. The molecule has 1 aromatic carbocycles. The Morgan fingerprint density at radius 3 is 2.73 bits per heavy atom. The maximum Gasteiger partial charge on any atom is 0.269 e. The first-order chi connectivity index (χ1) is 7.13. The second kappa shape index (κ2) is 3.59. The van der Waals surface area contributed by atoms with Gasteiger partial charge in [-0.2, -0.15) is 0 Å². The number of benzene rings is 1. The molecule has 0 aliphatic carbocycles. The lowest BCUT2D eigenvalue weighted by Gasteiger charge is -2.07. The van der Waals surface area contributed by atoms with Gasteiger partial charge in [-0.3, -0.25) is 4.79 Å². The Morgan fingerprint density at radius 2 is 2.07 bits per heavy atom. The van der Waals surface area contributed by atoms with Crippen LogP contribution in [-0.2, 0) is 7.05 Å². The van der Waals surface area contributed by atoms with E-state index in [0.717, 1.165) is 16.7 Å². The summed E-state index contributed by atoms with van der Waals surface area (Å²) < 4.78 is 6.63. The molecular formula is C11H10ClNO2. The van der Waals surface area contributed by atoms with Crippen molar-refractivity contribution in [2.45, 2.75) is 0 Å². The molecule has 0 atom stereocenters. The summed E-state index contributed by atoms with van der Waals surface area (Å²) in [6, 6.07) is 7.16. The lowest BCUT2D eigenvalue weighted by atomic mass is 10.2. The number of aromatic nitrogens is 1. The molecule has 2 rings (SSSR count). The van der Waals surface area contributed by atoms with Crippen molar-refractivity contribution in [2.75, 3.05) is 7.11 Å². The van der Waals surface area contributed by atoms with Gasteiger partial charge in [0.05, 0.1) is 12.6 Å². The van der Waals surface area contributed by atoms with E-state index in [2.05, 4.69) is 0 Å². The summed E-state index contributed by atoms with van der Waals surface area (Å²) in [4.78, 5) is 11.5. The highest BCUT2D eigenvalue weighted by Gasteiger charge is 2.05. The summed E-state index contributed by atoms with van der Waals surface area (Å²) in [6.07, 6.45) is 0. The average Bonchev–Trinajstić information content (AvgIpc) is 2.25. The first-order valence-corrected chi connectivity index (χ1v) is 4.84. The zero-order chi connectivity index (χ0) is 11.0. The molecule has 0 N–H and O–H groups in total. The number of ether oxygens (including phenoxy) is 1. The van der Waals surface area contributed by atoms with Crippen LogP contribution >= 0.6 is 11.6 Å². The minimum Gasteiger partial charge on any atom is -0.497 e. The highest BCUT2D eigenvalue weighted by atomic mass is 35.5. The van der Waals surface area contributed by atoms with E-state index in [-0.39, 0.29) is 10.6 Å². The maximum atomic E-state index is 11.5. The minimum absolute atomic E-state index is 0.186. The molecule has 0 saturated heterocycles. The monoisotopic (exact) mass is 223 g/mol. The molecule has 3 nitrogen and oxygen atoms in total. The van der Waals surface area contributed by atoms with Gasteiger partial charge in [0.1, 0.15) is 10.8 Å². The smallest absolute Gasteiger partial charge is 0.269 e. The van der Waals surface area contributed by atoms with Crippen molar-refractivity contribution in [2.24, 2.45) is 7.05 Å². The molecule has 1 heterocycles. The van der Waals surface area contributed by atoms with Gasteiger partial charge in [-0.25, -0.2) is 0 Å². The van der Waals surface area contributed by atoms with E-state index in [1.165, 1.54) is 4.57 Å². The molecule has 0 bridgehead atoms. The van der Waals surface area contributed by atoms with Crippen LogP contribution in [0, 0.1) is 0 Å². The average molecular weight is 224 g/mol. The molecule has 2 aromatic rings. The molecular weight excluding hydrogens is 214 g/mol. The molecule has 4 heteroatoms. The molecule has 0 fully saturated rings. The number of nitrogens with zero attached hydrogens (tertiary/aromatic N) is 1. The summed E-state index contributed by atoms with van der Waals surface area (Å²) in [5.41, 5.74) is 0.652. The van der Waals surface area contributed by atoms with Crippen LogP contribution in [0.25, 0.3) is 10.9 Å². The number of hydrogen-bond acceptors (Lipinski definition) is 2. The Bertz CT molecular complexity index is 575. The second-order valence-corrected chi connectivity index (χ2v) is 3.69. The fourth-order valence-electron chi connectivity index (χ4n) is 1.55. The molecule has 78 valence electrons. The van der Waals surface area contributed by atoms with Crippen LogP contribution in [-0.4, -0.2) is 11.7 Å². The predicted octanol–water partition coefficient (Wildman–Crippen LogP) is 2.20.